The molecule has 5 nitrogen and oxygen atoms in total. The minimum absolute atomic E-state index is 1.33. The van der Waals surface area contributed by atoms with Gasteiger partial charge in [-0.15, -0.1) is 0 Å². The molecule has 0 spiro atoms. The summed E-state index contributed by atoms with van der Waals surface area (Å²) in [7, 11) is 0. The molecule has 0 rings (SSSR count). The van der Waals surface area contributed by atoms with Crippen molar-refractivity contribution < 1.29 is 20.4 Å². The van der Waals surface area contributed by atoms with Crippen LogP contribution in [0.15, 0.2) is 0 Å². The lowest BCUT2D eigenvalue weighted by atomic mass is 11.3. The van der Waals surface area contributed by atoms with E-state index in [1.54, 1.807) is 0 Å². The fourth-order valence-corrected chi connectivity index (χ4v) is 0. The van der Waals surface area contributed by atoms with Gasteiger partial charge in [0.15, 0.2) is 0 Å². The zero-order valence-electron chi connectivity index (χ0n) is 2.79. The molecule has 0 unspecified atom stereocenters. The van der Waals surface area contributed by atoms with Crippen LogP contribution in [0.3, 0.4) is 0 Å². The van der Waals surface area contributed by atoms with E-state index in [0.29, 0.717) is 0 Å². The standard InChI is InChI=1S/CH3NO2.HO2/c2-1(3)4;1-2/h2H2,(H,3,4);1H. The van der Waals surface area contributed by atoms with Gasteiger partial charge in [-0.05, 0) is 5.26 Å². The summed E-state index contributed by atoms with van der Waals surface area (Å²) in [5.41, 5.74) is 4.03. The zero-order chi connectivity index (χ0) is 5.58. The fraction of sp³-hybridized carbons (Fsp3) is 0. The Labute approximate surface area is 33.6 Å². The molecule has 0 aliphatic carbocycles. The number of hydrogen-bond acceptors (Lipinski definition) is 2. The van der Waals surface area contributed by atoms with Crippen LogP contribution in [-0.4, -0.2) is 16.5 Å². The fourth-order valence-electron chi connectivity index (χ4n) is 0. The molecular weight excluding hydrogens is 90.0 g/mol. The molecule has 0 aromatic rings. The van der Waals surface area contributed by atoms with E-state index in [1.807, 2.05) is 0 Å². The van der Waals surface area contributed by atoms with Gasteiger partial charge in [0.1, 0.15) is 0 Å². The first kappa shape index (κ1) is 8.95. The van der Waals surface area contributed by atoms with Crippen molar-refractivity contribution in [2.45, 2.75) is 0 Å². The molecule has 4 N–H and O–H groups in total. The molecule has 0 heterocycles. The molecule has 37 valence electrons. The molecule has 0 fully saturated rings. The van der Waals surface area contributed by atoms with Crippen molar-refractivity contribution in [1.82, 2.24) is 0 Å². The molecule has 1 radical (unpaired) electrons. The predicted octanol–water partition coefficient (Wildman–Crippen LogP) is -0.487. The van der Waals surface area contributed by atoms with Crippen molar-refractivity contribution in [3.05, 3.63) is 0 Å². The number of rotatable bonds is 0. The van der Waals surface area contributed by atoms with Crippen molar-refractivity contribution in [1.29, 1.82) is 0 Å². The second-order valence-corrected chi connectivity index (χ2v) is 0.338. The monoisotopic (exact) mass is 94.0 g/mol. The highest BCUT2D eigenvalue weighted by Crippen LogP contribution is 1.34. The summed E-state index contributed by atoms with van der Waals surface area (Å²) < 4.78 is 0. The number of primary amides is 1. The van der Waals surface area contributed by atoms with E-state index in [4.69, 9.17) is 20.4 Å². The average Bonchev–Trinajstić information content (AvgIpc) is 1.41. The van der Waals surface area contributed by atoms with Gasteiger partial charge < -0.3 is 10.8 Å². The quantitative estimate of drug-likeness (QED) is 0.278. The summed E-state index contributed by atoms with van der Waals surface area (Å²) >= 11 is 0. The molecule has 0 aliphatic heterocycles. The summed E-state index contributed by atoms with van der Waals surface area (Å²) in [4.78, 5) is 8.78. The topological polar surface area (TPSA) is 103 Å². The second-order valence-electron chi connectivity index (χ2n) is 0.338. The van der Waals surface area contributed by atoms with Crippen molar-refractivity contribution in [2.24, 2.45) is 5.73 Å². The highest BCUT2D eigenvalue weighted by molar-refractivity contribution is 5.61. The van der Waals surface area contributed by atoms with Gasteiger partial charge in [0.25, 0.3) is 0 Å². The van der Waals surface area contributed by atoms with E-state index in [-0.39, 0.29) is 0 Å². The third-order valence-electron chi connectivity index (χ3n) is 0. The molecule has 1 amide bonds. The van der Waals surface area contributed by atoms with Crippen LogP contribution in [0.1, 0.15) is 0 Å². The highest BCUT2D eigenvalue weighted by atomic mass is 17.0. The first-order valence-electron chi connectivity index (χ1n) is 0.899. The second kappa shape index (κ2) is 8.89. The number of carbonyl (C=O) groups is 1. The molecule has 0 bridgehead atoms. The van der Waals surface area contributed by atoms with Gasteiger partial charge in [-0.2, -0.15) is 0 Å². The largest absolute Gasteiger partial charge is 0.465 e. The van der Waals surface area contributed by atoms with Crippen molar-refractivity contribution in [3.8, 4) is 0 Å². The highest BCUT2D eigenvalue weighted by Gasteiger charge is 1.65. The molecule has 0 aromatic heterocycles. The zero-order valence-corrected chi connectivity index (χ0v) is 2.79. The van der Waals surface area contributed by atoms with Gasteiger partial charge >= 0.3 is 6.09 Å². The van der Waals surface area contributed by atoms with Crippen LogP contribution >= 0.6 is 0 Å². The molecule has 0 saturated carbocycles. The third kappa shape index (κ3) is 23.3. The summed E-state index contributed by atoms with van der Waals surface area (Å²) in [5.74, 6) is 0. The Hall–Kier alpha value is -0.810. The van der Waals surface area contributed by atoms with Crippen LogP contribution < -0.4 is 5.73 Å². The minimum atomic E-state index is -1.33. The van der Waals surface area contributed by atoms with Crippen LogP contribution in [0.25, 0.3) is 0 Å². The van der Waals surface area contributed by atoms with Gasteiger partial charge in [0.05, 0.1) is 0 Å². The summed E-state index contributed by atoms with van der Waals surface area (Å²) in [6.45, 7) is 0. The summed E-state index contributed by atoms with van der Waals surface area (Å²) in [6.07, 6.45) is -1.33. The molecule has 0 saturated heterocycles. The lowest BCUT2D eigenvalue weighted by Crippen LogP contribution is -2.03. The number of hydrogen-bond donors (Lipinski definition) is 3. The van der Waals surface area contributed by atoms with Crippen LogP contribution in [0, 0.1) is 0 Å². The Morgan fingerprint density at radius 3 is 1.50 bits per heavy atom. The minimum Gasteiger partial charge on any atom is -0.465 e. The Morgan fingerprint density at radius 1 is 1.50 bits per heavy atom. The number of nitrogens with two attached hydrogens (primary N) is 1. The maximum Gasteiger partial charge on any atom is 0.402 e. The first-order valence-corrected chi connectivity index (χ1v) is 0.899. The number of amides is 1. The van der Waals surface area contributed by atoms with Crippen LogP contribution in [0.2, 0.25) is 0 Å². The van der Waals surface area contributed by atoms with Gasteiger partial charge in [-0.3, -0.25) is 0 Å². The molecule has 0 aliphatic rings. The maximum absolute atomic E-state index is 8.78. The Kier molecular flexibility index (Phi) is 13.3. The van der Waals surface area contributed by atoms with Crippen molar-refractivity contribution >= 4 is 6.09 Å². The first-order chi connectivity index (χ1) is 2.73. The van der Waals surface area contributed by atoms with Crippen LogP contribution in [-0.2, 0) is 5.26 Å². The molecule has 0 aromatic carbocycles. The van der Waals surface area contributed by atoms with Crippen LogP contribution in [0.4, 0.5) is 4.79 Å². The van der Waals surface area contributed by atoms with Gasteiger partial charge in [-0.1, -0.05) is 0 Å². The van der Waals surface area contributed by atoms with Gasteiger partial charge in [0, 0.05) is 0 Å². The van der Waals surface area contributed by atoms with E-state index in [1.165, 1.54) is 0 Å². The van der Waals surface area contributed by atoms with Crippen molar-refractivity contribution in [3.63, 3.8) is 0 Å². The smallest absolute Gasteiger partial charge is 0.402 e. The maximum atomic E-state index is 8.78. The van der Waals surface area contributed by atoms with Crippen molar-refractivity contribution in [2.75, 3.05) is 0 Å². The summed E-state index contributed by atoms with van der Waals surface area (Å²) in [6, 6.07) is 0. The normalized spacial score (nSPS) is 5.00. The SMILES string of the molecule is NC(=O)O.[O]O. The van der Waals surface area contributed by atoms with Gasteiger partial charge in [-0.25, -0.2) is 10.1 Å². The Bertz CT molecular complexity index is 30.5. The van der Waals surface area contributed by atoms with Gasteiger partial charge in [0.2, 0.25) is 0 Å². The van der Waals surface area contributed by atoms with E-state index in [0.717, 1.165) is 0 Å². The lowest BCUT2D eigenvalue weighted by Gasteiger charge is -1.61. The molecular formula is CH4NO4. The average molecular weight is 94.0 g/mol. The van der Waals surface area contributed by atoms with E-state index < -0.39 is 6.09 Å². The van der Waals surface area contributed by atoms with Crippen LogP contribution in [0.5, 0.6) is 0 Å². The van der Waals surface area contributed by atoms with E-state index >= 15 is 0 Å². The molecule has 5 heteroatoms. The molecule has 6 heavy (non-hydrogen) atoms. The predicted molar refractivity (Wildman–Crippen MR) is 15.5 cm³/mol. The van der Waals surface area contributed by atoms with E-state index in [2.05, 4.69) is 5.73 Å². The lowest BCUT2D eigenvalue weighted by molar-refractivity contribution is -0.247. The van der Waals surface area contributed by atoms with E-state index in [9.17, 15) is 0 Å². The Balaban J connectivity index is 0. The molecule has 0 atom stereocenters. The number of carboxylic acid groups (broad SMARTS) is 1. The third-order valence-corrected chi connectivity index (χ3v) is 0. The summed E-state index contributed by atoms with van der Waals surface area (Å²) in [5, 5.41) is 20.2. The Morgan fingerprint density at radius 2 is 1.50 bits per heavy atom.